The molecule has 1 atom stereocenters. The lowest BCUT2D eigenvalue weighted by molar-refractivity contribution is -0.329. The number of ether oxygens (including phenoxy) is 3. The van der Waals surface area contributed by atoms with Gasteiger partial charge in [0.05, 0.1) is 0 Å². The molecule has 0 aromatic carbocycles. The summed E-state index contributed by atoms with van der Waals surface area (Å²) in [5.74, 6) is -1.22. The van der Waals surface area contributed by atoms with Gasteiger partial charge < -0.3 is 14.2 Å². The van der Waals surface area contributed by atoms with Crippen molar-refractivity contribution in [2.75, 3.05) is 21.3 Å². The first-order valence-electron chi connectivity index (χ1n) is 13.2. The summed E-state index contributed by atoms with van der Waals surface area (Å²) in [6.07, 6.45) is 21.9. The highest BCUT2D eigenvalue weighted by Gasteiger charge is 2.58. The van der Waals surface area contributed by atoms with Crippen LogP contribution in [0.3, 0.4) is 0 Å². The van der Waals surface area contributed by atoms with Crippen LogP contribution in [0.5, 0.6) is 0 Å². The predicted octanol–water partition coefficient (Wildman–Crippen LogP) is 6.77. The Morgan fingerprint density at radius 1 is 0.625 bits per heavy atom. The van der Waals surface area contributed by atoms with Crippen LogP contribution in [0, 0.1) is 5.41 Å². The van der Waals surface area contributed by atoms with E-state index in [1.807, 2.05) is 0 Å². The zero-order chi connectivity index (χ0) is 23.6. The van der Waals surface area contributed by atoms with Crippen LogP contribution in [0.1, 0.15) is 124 Å². The molecule has 1 unspecified atom stereocenters. The van der Waals surface area contributed by atoms with Crippen molar-refractivity contribution in [3.63, 3.8) is 0 Å². The van der Waals surface area contributed by atoms with Crippen molar-refractivity contribution in [1.29, 1.82) is 0 Å². The van der Waals surface area contributed by atoms with E-state index in [0.29, 0.717) is 0 Å². The Morgan fingerprint density at radius 2 is 0.969 bits per heavy atom. The zero-order valence-electron chi connectivity index (χ0n) is 22.7. The second-order valence-electron chi connectivity index (χ2n) is 10.0. The molecule has 0 heterocycles. The van der Waals surface area contributed by atoms with Crippen LogP contribution in [0.25, 0.3) is 0 Å². The van der Waals surface area contributed by atoms with Gasteiger partial charge in [0.2, 0.25) is 0 Å². The Balaban J connectivity index is 0. The molecule has 0 aliphatic heterocycles. The lowest BCUT2D eigenvalue weighted by Crippen LogP contribution is -2.69. The monoisotopic (exact) mass is 495 g/mol. The number of nitrogens with two attached hydrogens (primary N) is 1. The maximum atomic E-state index is 6.49. The van der Waals surface area contributed by atoms with Gasteiger partial charge in [0.25, 0.3) is 5.91 Å². The third-order valence-corrected chi connectivity index (χ3v) is 8.51. The molecule has 2 N–H and O–H groups in total. The van der Waals surface area contributed by atoms with E-state index in [4.69, 9.17) is 19.9 Å². The van der Waals surface area contributed by atoms with Gasteiger partial charge in [-0.05, 0) is 12.5 Å². The summed E-state index contributed by atoms with van der Waals surface area (Å²) in [4.78, 5) is 0. The first kappa shape index (κ1) is 34.5. The third kappa shape index (κ3) is 11.2. The van der Waals surface area contributed by atoms with Gasteiger partial charge in [0.15, 0.2) is 0 Å². The molecule has 196 valence electrons. The molecule has 0 aromatic rings. The van der Waals surface area contributed by atoms with Crippen molar-refractivity contribution in [2.24, 2.45) is 11.1 Å². The van der Waals surface area contributed by atoms with E-state index in [2.05, 4.69) is 20.8 Å². The molecular weight excluding hydrogens is 438 g/mol. The summed E-state index contributed by atoms with van der Waals surface area (Å²) in [7, 11) is 5.93. The average molecular weight is 496 g/mol. The van der Waals surface area contributed by atoms with E-state index in [9.17, 15) is 0 Å². The molecule has 0 saturated heterocycles. The largest absolute Gasteiger partial charge is 0.371 e. The lowest BCUT2D eigenvalue weighted by atomic mass is 9.69. The Morgan fingerprint density at radius 3 is 1.25 bits per heavy atom. The minimum Gasteiger partial charge on any atom is -0.371 e. The highest BCUT2D eigenvalue weighted by molar-refractivity contribution is 6.09. The highest BCUT2D eigenvalue weighted by Crippen LogP contribution is 2.47. The van der Waals surface area contributed by atoms with Crippen molar-refractivity contribution < 1.29 is 14.2 Å². The fourth-order valence-corrected chi connectivity index (χ4v) is 7.05. The number of halogens is 1. The number of unbranched alkanes of at least 4 members (excludes halogenated alkanes) is 14. The van der Waals surface area contributed by atoms with Crippen LogP contribution in [-0.4, -0.2) is 43.1 Å². The quantitative estimate of drug-likeness (QED) is 0.102. The Bertz CT molecular complexity index is 416. The zero-order valence-corrected chi connectivity index (χ0v) is 25.5. The third-order valence-electron chi connectivity index (χ3n) is 7.51. The van der Waals surface area contributed by atoms with Gasteiger partial charge >= 0.3 is 0 Å². The van der Waals surface area contributed by atoms with Crippen LogP contribution < -0.4 is 5.73 Å². The number of methoxy groups -OCH3 is 3. The molecular formula is C26H58ClNO3Si. The first-order chi connectivity index (χ1) is 14.8. The van der Waals surface area contributed by atoms with Gasteiger partial charge in [-0.2, -0.15) is 0 Å². The molecule has 4 nitrogen and oxygen atoms in total. The standard InChI is InChI=1S/C26H57NO3Si.ClH/c1-7-8-9-10-11-12-13-14-15-16-17-18-19-20-21-22-24(2,3)25(23-31,28-4)26(27,29-5)30-6;/h7-23,27H2,1-6,31H3;1H. The lowest BCUT2D eigenvalue weighted by Gasteiger charge is -2.53. The normalized spacial score (nSPS) is 14.3. The number of rotatable bonds is 22. The van der Waals surface area contributed by atoms with Crippen LogP contribution >= 0.6 is 12.4 Å². The van der Waals surface area contributed by atoms with Crippen molar-refractivity contribution in [3.8, 4) is 0 Å². The van der Waals surface area contributed by atoms with Crippen molar-refractivity contribution >= 4 is 22.6 Å². The molecule has 0 spiro atoms. The van der Waals surface area contributed by atoms with E-state index >= 15 is 0 Å². The van der Waals surface area contributed by atoms with Gasteiger partial charge in [-0.3, -0.25) is 5.73 Å². The Kier molecular flexibility index (Phi) is 21.2. The molecule has 0 aliphatic rings. The molecule has 0 amide bonds. The van der Waals surface area contributed by atoms with E-state index in [-0.39, 0.29) is 17.8 Å². The smallest absolute Gasteiger partial charge is 0.255 e. The SMILES string of the molecule is CCCCCCCCCCCCCCCCCC(C)(C)C(C[SiH3])(OC)C(N)(OC)OC.Cl. The summed E-state index contributed by atoms with van der Waals surface area (Å²) >= 11 is 0. The molecule has 0 aliphatic carbocycles. The summed E-state index contributed by atoms with van der Waals surface area (Å²) in [6, 6.07) is 0.868. The summed E-state index contributed by atoms with van der Waals surface area (Å²) < 4.78 is 17.2. The van der Waals surface area contributed by atoms with Crippen LogP contribution in [0.4, 0.5) is 0 Å². The summed E-state index contributed by atoms with van der Waals surface area (Å²) in [5, 5.41) is 0. The van der Waals surface area contributed by atoms with Crippen molar-refractivity contribution in [3.05, 3.63) is 0 Å². The second kappa shape index (κ2) is 19.6. The van der Waals surface area contributed by atoms with Gasteiger partial charge in [0, 0.05) is 37.0 Å². The maximum Gasteiger partial charge on any atom is 0.255 e. The maximum absolute atomic E-state index is 6.49. The molecule has 0 bridgehead atoms. The molecule has 0 fully saturated rings. The van der Waals surface area contributed by atoms with E-state index in [1.54, 1.807) is 21.3 Å². The van der Waals surface area contributed by atoms with E-state index in [1.165, 1.54) is 96.3 Å². The minimum atomic E-state index is -1.22. The number of hydrogen-bond acceptors (Lipinski definition) is 4. The number of hydrogen-bond donors (Lipinski definition) is 1. The van der Waals surface area contributed by atoms with Crippen molar-refractivity contribution in [2.45, 2.75) is 141 Å². The molecule has 0 aromatic heterocycles. The minimum absolute atomic E-state index is 0. The Labute approximate surface area is 210 Å². The molecule has 6 heteroatoms. The molecule has 0 saturated carbocycles. The van der Waals surface area contributed by atoms with Gasteiger partial charge in [0.1, 0.15) is 5.60 Å². The van der Waals surface area contributed by atoms with Crippen molar-refractivity contribution in [1.82, 2.24) is 0 Å². The van der Waals surface area contributed by atoms with Crippen LogP contribution in [0.2, 0.25) is 6.04 Å². The van der Waals surface area contributed by atoms with Gasteiger partial charge in [-0.1, -0.05) is 117 Å². The molecule has 0 rings (SSSR count). The highest BCUT2D eigenvalue weighted by atomic mass is 35.5. The van der Waals surface area contributed by atoms with Crippen LogP contribution in [0.15, 0.2) is 0 Å². The summed E-state index contributed by atoms with van der Waals surface area (Å²) in [5.41, 5.74) is 5.73. The molecule has 32 heavy (non-hydrogen) atoms. The van der Waals surface area contributed by atoms with Gasteiger partial charge in [-0.25, -0.2) is 0 Å². The van der Waals surface area contributed by atoms with E-state index in [0.717, 1.165) is 22.7 Å². The first-order valence-corrected chi connectivity index (χ1v) is 14.7. The molecule has 0 radical (unpaired) electrons. The fraction of sp³-hybridized carbons (Fsp3) is 1.00. The Hall–Kier alpha value is 0.347. The topological polar surface area (TPSA) is 53.7 Å². The van der Waals surface area contributed by atoms with E-state index < -0.39 is 11.5 Å². The second-order valence-corrected chi connectivity index (χ2v) is 10.8. The van der Waals surface area contributed by atoms with Gasteiger partial charge in [-0.15, -0.1) is 12.4 Å². The summed E-state index contributed by atoms with van der Waals surface area (Å²) in [6.45, 7) is 6.78. The predicted molar refractivity (Wildman–Crippen MR) is 146 cm³/mol. The van der Waals surface area contributed by atoms with Crippen LogP contribution in [-0.2, 0) is 14.2 Å². The fourth-order valence-electron chi connectivity index (χ4n) is 5.31. The average Bonchev–Trinajstić information content (AvgIpc) is 2.77.